The van der Waals surface area contributed by atoms with Gasteiger partial charge >= 0.3 is 0 Å². The molecule has 2 rings (SSSR count). The standard InChI is InChI=1S/C11H12ClN3O/c1-16-11-3-2-7(12)4-8(11)9-6-14-15-10(9)5-13/h2-4,6H,5,13H2,1H3,(H,14,15). The maximum Gasteiger partial charge on any atom is 0.126 e. The summed E-state index contributed by atoms with van der Waals surface area (Å²) in [5.41, 5.74) is 8.29. The van der Waals surface area contributed by atoms with Crippen molar-refractivity contribution >= 4 is 11.6 Å². The van der Waals surface area contributed by atoms with E-state index in [1.807, 2.05) is 12.1 Å². The highest BCUT2D eigenvalue weighted by Gasteiger charge is 2.11. The van der Waals surface area contributed by atoms with Crippen molar-refractivity contribution in [2.24, 2.45) is 5.73 Å². The summed E-state index contributed by atoms with van der Waals surface area (Å²) in [6, 6.07) is 5.45. The molecule has 4 nitrogen and oxygen atoms in total. The van der Waals surface area contributed by atoms with E-state index in [-0.39, 0.29) is 0 Å². The summed E-state index contributed by atoms with van der Waals surface area (Å²) in [5, 5.41) is 7.47. The van der Waals surface area contributed by atoms with Crippen LogP contribution in [-0.2, 0) is 6.54 Å². The molecule has 3 N–H and O–H groups in total. The Kier molecular flexibility index (Phi) is 3.12. The Morgan fingerprint density at radius 2 is 2.25 bits per heavy atom. The minimum absolute atomic E-state index is 0.394. The van der Waals surface area contributed by atoms with Gasteiger partial charge in [-0.25, -0.2) is 0 Å². The first-order chi connectivity index (χ1) is 7.76. The number of hydrogen-bond donors (Lipinski definition) is 2. The van der Waals surface area contributed by atoms with E-state index in [1.54, 1.807) is 19.4 Å². The van der Waals surface area contributed by atoms with Crippen LogP contribution in [0, 0.1) is 0 Å². The molecule has 0 aliphatic carbocycles. The van der Waals surface area contributed by atoms with Gasteiger partial charge in [-0.2, -0.15) is 5.10 Å². The van der Waals surface area contributed by atoms with E-state index in [0.29, 0.717) is 11.6 Å². The highest BCUT2D eigenvalue weighted by atomic mass is 35.5. The van der Waals surface area contributed by atoms with Crippen LogP contribution in [0.3, 0.4) is 0 Å². The van der Waals surface area contributed by atoms with E-state index in [4.69, 9.17) is 22.1 Å². The highest BCUT2D eigenvalue weighted by Crippen LogP contribution is 2.33. The topological polar surface area (TPSA) is 63.9 Å². The lowest BCUT2D eigenvalue weighted by Gasteiger charge is -2.08. The number of H-pyrrole nitrogens is 1. The third-order valence-electron chi connectivity index (χ3n) is 2.37. The molecule has 0 radical (unpaired) electrons. The molecule has 5 heteroatoms. The number of ether oxygens (including phenoxy) is 1. The van der Waals surface area contributed by atoms with Crippen LogP contribution in [0.1, 0.15) is 5.69 Å². The van der Waals surface area contributed by atoms with Crippen molar-refractivity contribution in [1.29, 1.82) is 0 Å². The molecule has 0 saturated heterocycles. The summed E-state index contributed by atoms with van der Waals surface area (Å²) >= 11 is 5.97. The second-order valence-electron chi connectivity index (χ2n) is 3.31. The zero-order valence-electron chi connectivity index (χ0n) is 8.83. The van der Waals surface area contributed by atoms with Crippen LogP contribution in [0.4, 0.5) is 0 Å². The molecule has 0 unspecified atom stereocenters. The number of nitrogens with zero attached hydrogens (tertiary/aromatic N) is 1. The molecule has 1 heterocycles. The first-order valence-corrected chi connectivity index (χ1v) is 5.20. The molecule has 0 fully saturated rings. The maximum absolute atomic E-state index is 5.97. The lowest BCUT2D eigenvalue weighted by molar-refractivity contribution is 0.416. The minimum atomic E-state index is 0.394. The van der Waals surface area contributed by atoms with E-state index in [2.05, 4.69) is 10.2 Å². The Morgan fingerprint density at radius 1 is 1.44 bits per heavy atom. The Hall–Kier alpha value is -1.52. The molecule has 1 aromatic heterocycles. The van der Waals surface area contributed by atoms with Crippen LogP contribution in [0.5, 0.6) is 5.75 Å². The van der Waals surface area contributed by atoms with E-state index in [1.165, 1.54) is 0 Å². The molecule has 2 aromatic rings. The molecule has 16 heavy (non-hydrogen) atoms. The molecule has 0 bridgehead atoms. The van der Waals surface area contributed by atoms with E-state index in [9.17, 15) is 0 Å². The van der Waals surface area contributed by atoms with Crippen molar-refractivity contribution in [3.05, 3.63) is 35.1 Å². The van der Waals surface area contributed by atoms with Gasteiger partial charge in [-0.3, -0.25) is 5.10 Å². The van der Waals surface area contributed by atoms with Gasteiger partial charge in [-0.05, 0) is 18.2 Å². The zero-order valence-corrected chi connectivity index (χ0v) is 9.58. The molecule has 0 spiro atoms. The third-order valence-corrected chi connectivity index (χ3v) is 2.61. The summed E-state index contributed by atoms with van der Waals surface area (Å²) in [7, 11) is 1.62. The number of aromatic amines is 1. The predicted molar refractivity (Wildman–Crippen MR) is 63.5 cm³/mol. The van der Waals surface area contributed by atoms with E-state index in [0.717, 1.165) is 22.6 Å². The molecule has 0 aliphatic heterocycles. The molecule has 84 valence electrons. The highest BCUT2D eigenvalue weighted by molar-refractivity contribution is 6.31. The molecule has 0 saturated carbocycles. The number of nitrogens with two attached hydrogens (primary N) is 1. The normalized spacial score (nSPS) is 10.4. The number of benzene rings is 1. The molecule has 1 aromatic carbocycles. The number of rotatable bonds is 3. The van der Waals surface area contributed by atoms with Crippen molar-refractivity contribution in [2.45, 2.75) is 6.54 Å². The lowest BCUT2D eigenvalue weighted by atomic mass is 10.1. The maximum atomic E-state index is 5.97. The summed E-state index contributed by atoms with van der Waals surface area (Å²) < 4.78 is 5.28. The fourth-order valence-corrected chi connectivity index (χ4v) is 1.76. The molecule has 0 amide bonds. The van der Waals surface area contributed by atoms with Crippen LogP contribution in [-0.4, -0.2) is 17.3 Å². The fraction of sp³-hybridized carbons (Fsp3) is 0.182. The zero-order chi connectivity index (χ0) is 11.5. The molecular weight excluding hydrogens is 226 g/mol. The first-order valence-electron chi connectivity index (χ1n) is 4.82. The van der Waals surface area contributed by atoms with Crippen molar-refractivity contribution in [3.63, 3.8) is 0 Å². The SMILES string of the molecule is COc1ccc(Cl)cc1-c1cn[nH]c1CN. The van der Waals surface area contributed by atoms with Gasteiger partial charge in [0.1, 0.15) is 5.75 Å². The summed E-state index contributed by atoms with van der Waals surface area (Å²) in [4.78, 5) is 0. The Bertz CT molecular complexity index is 496. The van der Waals surface area contributed by atoms with Gasteiger partial charge < -0.3 is 10.5 Å². The second-order valence-corrected chi connectivity index (χ2v) is 3.75. The van der Waals surface area contributed by atoms with E-state index < -0.39 is 0 Å². The molecular formula is C11H12ClN3O. The van der Waals surface area contributed by atoms with Crippen LogP contribution >= 0.6 is 11.6 Å². The first kappa shape index (κ1) is 11.0. The third kappa shape index (κ3) is 1.89. The van der Waals surface area contributed by atoms with Crippen molar-refractivity contribution in [3.8, 4) is 16.9 Å². The van der Waals surface area contributed by atoms with Crippen molar-refractivity contribution in [2.75, 3.05) is 7.11 Å². The van der Waals surface area contributed by atoms with Gasteiger partial charge in [-0.15, -0.1) is 0 Å². The van der Waals surface area contributed by atoms with Crippen LogP contribution in [0.25, 0.3) is 11.1 Å². The summed E-state index contributed by atoms with van der Waals surface area (Å²) in [6.07, 6.45) is 1.72. The lowest BCUT2D eigenvalue weighted by Crippen LogP contribution is -1.99. The van der Waals surface area contributed by atoms with Gasteiger partial charge in [0.15, 0.2) is 0 Å². The summed E-state index contributed by atoms with van der Waals surface area (Å²) in [6.45, 7) is 0.394. The molecule has 0 atom stereocenters. The number of halogens is 1. The summed E-state index contributed by atoms with van der Waals surface area (Å²) in [5.74, 6) is 0.750. The average molecular weight is 238 g/mol. The van der Waals surface area contributed by atoms with Crippen LogP contribution < -0.4 is 10.5 Å². The Labute approximate surface area is 98.4 Å². The van der Waals surface area contributed by atoms with Gasteiger partial charge in [0.05, 0.1) is 19.0 Å². The van der Waals surface area contributed by atoms with Gasteiger partial charge in [-0.1, -0.05) is 11.6 Å². The largest absolute Gasteiger partial charge is 0.496 e. The quantitative estimate of drug-likeness (QED) is 0.860. The van der Waals surface area contributed by atoms with Gasteiger partial charge in [0.25, 0.3) is 0 Å². The fourth-order valence-electron chi connectivity index (χ4n) is 1.59. The Balaban J connectivity index is 2.58. The monoisotopic (exact) mass is 237 g/mol. The average Bonchev–Trinajstić information content (AvgIpc) is 2.76. The molecule has 0 aliphatic rings. The van der Waals surface area contributed by atoms with Gasteiger partial charge in [0, 0.05) is 22.7 Å². The second kappa shape index (κ2) is 4.55. The number of aromatic nitrogens is 2. The minimum Gasteiger partial charge on any atom is -0.496 e. The van der Waals surface area contributed by atoms with Crippen molar-refractivity contribution in [1.82, 2.24) is 10.2 Å². The van der Waals surface area contributed by atoms with Crippen LogP contribution in [0.15, 0.2) is 24.4 Å². The van der Waals surface area contributed by atoms with Crippen LogP contribution in [0.2, 0.25) is 5.02 Å². The predicted octanol–water partition coefficient (Wildman–Crippen LogP) is 2.20. The van der Waals surface area contributed by atoms with Gasteiger partial charge in [0.2, 0.25) is 0 Å². The number of nitrogens with one attached hydrogen (secondary N) is 1. The Morgan fingerprint density at radius 3 is 2.94 bits per heavy atom. The number of hydrogen-bond acceptors (Lipinski definition) is 3. The van der Waals surface area contributed by atoms with Crippen molar-refractivity contribution < 1.29 is 4.74 Å². The number of methoxy groups -OCH3 is 1. The smallest absolute Gasteiger partial charge is 0.126 e. The van der Waals surface area contributed by atoms with E-state index >= 15 is 0 Å².